The van der Waals surface area contributed by atoms with Gasteiger partial charge >= 0.3 is 0 Å². The van der Waals surface area contributed by atoms with Crippen molar-refractivity contribution < 1.29 is 4.79 Å². The molecule has 2 aromatic carbocycles. The lowest BCUT2D eigenvalue weighted by Gasteiger charge is -2.31. The number of aromatic nitrogens is 1. The average molecular weight is 386 g/mol. The standard InChI is InChI=1S/C25H27N3O/c29-25-9-7-20-4-1-2-5-24(20)28(25)15-3-14-27-16-11-19(12-17-27)21-6-8-23-22(18-21)10-13-26-23/h1-2,4-6,8,10-11,13,18,26H,3,7,9,12,14-17H2. The molecule has 5 rings (SSSR count). The summed E-state index contributed by atoms with van der Waals surface area (Å²) in [7, 11) is 0. The largest absolute Gasteiger partial charge is 0.361 e. The molecule has 0 saturated carbocycles. The number of rotatable bonds is 5. The fourth-order valence-electron chi connectivity index (χ4n) is 4.62. The molecule has 0 bridgehead atoms. The molecule has 148 valence electrons. The first-order chi connectivity index (χ1) is 14.3. The number of H-pyrrole nitrogens is 1. The van der Waals surface area contributed by atoms with Gasteiger partial charge in [0, 0.05) is 50.0 Å². The first-order valence-corrected chi connectivity index (χ1v) is 10.6. The van der Waals surface area contributed by atoms with Crippen LogP contribution in [0.4, 0.5) is 5.69 Å². The molecule has 0 atom stereocenters. The molecule has 0 fully saturated rings. The van der Waals surface area contributed by atoms with Gasteiger partial charge in [0.15, 0.2) is 0 Å². The van der Waals surface area contributed by atoms with Crippen LogP contribution < -0.4 is 4.90 Å². The van der Waals surface area contributed by atoms with Crippen molar-refractivity contribution in [2.24, 2.45) is 0 Å². The number of benzene rings is 2. The Balaban J connectivity index is 1.18. The third-order valence-corrected chi connectivity index (χ3v) is 6.27. The maximum Gasteiger partial charge on any atom is 0.227 e. The van der Waals surface area contributed by atoms with Gasteiger partial charge < -0.3 is 9.88 Å². The first-order valence-electron chi connectivity index (χ1n) is 10.6. The minimum Gasteiger partial charge on any atom is -0.361 e. The van der Waals surface area contributed by atoms with Gasteiger partial charge in [0.05, 0.1) is 0 Å². The molecule has 0 saturated heterocycles. The zero-order chi connectivity index (χ0) is 19.6. The molecule has 4 nitrogen and oxygen atoms in total. The number of hydrogen-bond donors (Lipinski definition) is 1. The minimum atomic E-state index is 0.268. The molecule has 3 aromatic rings. The van der Waals surface area contributed by atoms with E-state index in [1.165, 1.54) is 27.6 Å². The van der Waals surface area contributed by atoms with Gasteiger partial charge in [-0.25, -0.2) is 0 Å². The van der Waals surface area contributed by atoms with E-state index in [0.29, 0.717) is 6.42 Å². The van der Waals surface area contributed by atoms with Crippen LogP contribution in [0.15, 0.2) is 60.8 Å². The van der Waals surface area contributed by atoms with Gasteiger partial charge in [-0.1, -0.05) is 30.3 Å². The number of carbonyl (C=O) groups excluding carboxylic acids is 1. The quantitative estimate of drug-likeness (QED) is 0.696. The lowest BCUT2D eigenvalue weighted by atomic mass is 9.98. The number of aryl methyl sites for hydroxylation is 1. The Bertz CT molecular complexity index is 1060. The van der Waals surface area contributed by atoms with Crippen LogP contribution in [-0.2, 0) is 11.2 Å². The maximum atomic E-state index is 12.4. The molecule has 0 aliphatic carbocycles. The van der Waals surface area contributed by atoms with E-state index in [2.05, 4.69) is 58.4 Å². The Labute approximate surface area is 171 Å². The minimum absolute atomic E-state index is 0.268. The van der Waals surface area contributed by atoms with Crippen molar-refractivity contribution in [1.29, 1.82) is 0 Å². The smallest absolute Gasteiger partial charge is 0.227 e. The number of fused-ring (bicyclic) bond motifs is 2. The van der Waals surface area contributed by atoms with E-state index in [1.807, 2.05) is 17.2 Å². The lowest BCUT2D eigenvalue weighted by molar-refractivity contribution is -0.118. The van der Waals surface area contributed by atoms with Crippen molar-refractivity contribution in [1.82, 2.24) is 9.88 Å². The summed E-state index contributed by atoms with van der Waals surface area (Å²) in [5.41, 5.74) is 6.40. The summed E-state index contributed by atoms with van der Waals surface area (Å²) >= 11 is 0. The predicted molar refractivity (Wildman–Crippen MR) is 119 cm³/mol. The summed E-state index contributed by atoms with van der Waals surface area (Å²) in [6.07, 6.45) is 7.98. The second kappa shape index (κ2) is 7.88. The summed E-state index contributed by atoms with van der Waals surface area (Å²) in [6.45, 7) is 3.92. The second-order valence-corrected chi connectivity index (χ2v) is 8.09. The number of hydrogen-bond acceptors (Lipinski definition) is 2. The monoisotopic (exact) mass is 385 g/mol. The van der Waals surface area contributed by atoms with Gasteiger partial charge in [-0.15, -0.1) is 0 Å². The van der Waals surface area contributed by atoms with Crippen molar-refractivity contribution in [3.8, 4) is 0 Å². The summed E-state index contributed by atoms with van der Waals surface area (Å²) < 4.78 is 0. The van der Waals surface area contributed by atoms with Crippen molar-refractivity contribution in [2.75, 3.05) is 31.1 Å². The highest BCUT2D eigenvalue weighted by Gasteiger charge is 2.23. The molecule has 0 spiro atoms. The molecule has 1 N–H and O–H groups in total. The van der Waals surface area contributed by atoms with Crippen molar-refractivity contribution >= 4 is 28.1 Å². The van der Waals surface area contributed by atoms with Gasteiger partial charge in [-0.05, 0) is 65.6 Å². The highest BCUT2D eigenvalue weighted by atomic mass is 16.2. The van der Waals surface area contributed by atoms with Crippen LogP contribution >= 0.6 is 0 Å². The van der Waals surface area contributed by atoms with Gasteiger partial charge in [-0.3, -0.25) is 9.69 Å². The molecule has 2 aliphatic heterocycles. The van der Waals surface area contributed by atoms with Crippen LogP contribution in [0.3, 0.4) is 0 Å². The predicted octanol–water partition coefficient (Wildman–Crippen LogP) is 4.63. The summed E-state index contributed by atoms with van der Waals surface area (Å²) in [4.78, 5) is 20.2. The summed E-state index contributed by atoms with van der Waals surface area (Å²) in [5.74, 6) is 0.268. The van der Waals surface area contributed by atoms with Gasteiger partial charge in [0.1, 0.15) is 0 Å². The van der Waals surface area contributed by atoms with Crippen LogP contribution in [0, 0.1) is 0 Å². The number of nitrogens with zero attached hydrogens (tertiary/aromatic N) is 2. The van der Waals surface area contributed by atoms with Crippen LogP contribution in [0.5, 0.6) is 0 Å². The van der Waals surface area contributed by atoms with Crippen molar-refractivity contribution in [2.45, 2.75) is 25.7 Å². The van der Waals surface area contributed by atoms with Crippen molar-refractivity contribution in [3.05, 3.63) is 71.9 Å². The fraction of sp³-hybridized carbons (Fsp3) is 0.320. The van der Waals surface area contributed by atoms with Gasteiger partial charge in [0.25, 0.3) is 0 Å². The Kier molecular flexibility index (Phi) is 4.94. The number of carbonyl (C=O) groups is 1. The number of amides is 1. The molecule has 3 heterocycles. The van der Waals surface area contributed by atoms with E-state index in [-0.39, 0.29) is 5.91 Å². The van der Waals surface area contributed by atoms with E-state index >= 15 is 0 Å². The van der Waals surface area contributed by atoms with Crippen LogP contribution in [-0.4, -0.2) is 42.0 Å². The molecular weight excluding hydrogens is 358 g/mol. The summed E-state index contributed by atoms with van der Waals surface area (Å²) in [5, 5.41) is 1.28. The SMILES string of the molecule is O=C1CCc2ccccc2N1CCCN1CC=C(c2ccc3[nH]ccc3c2)CC1. The van der Waals surface area contributed by atoms with Gasteiger partial charge in [0.2, 0.25) is 5.91 Å². The molecule has 2 aliphatic rings. The van der Waals surface area contributed by atoms with E-state index in [9.17, 15) is 4.79 Å². The molecule has 0 unspecified atom stereocenters. The Morgan fingerprint density at radius 2 is 1.90 bits per heavy atom. The first kappa shape index (κ1) is 18.2. The highest BCUT2D eigenvalue weighted by Crippen LogP contribution is 2.28. The zero-order valence-corrected chi connectivity index (χ0v) is 16.7. The Morgan fingerprint density at radius 1 is 0.966 bits per heavy atom. The molecule has 1 amide bonds. The average Bonchev–Trinajstić information content (AvgIpc) is 3.24. The normalized spacial score (nSPS) is 17.4. The van der Waals surface area contributed by atoms with E-state index < -0.39 is 0 Å². The zero-order valence-electron chi connectivity index (χ0n) is 16.7. The third kappa shape index (κ3) is 3.73. The van der Waals surface area contributed by atoms with E-state index in [4.69, 9.17) is 0 Å². The van der Waals surface area contributed by atoms with E-state index in [0.717, 1.165) is 51.1 Å². The second-order valence-electron chi connectivity index (χ2n) is 8.09. The Morgan fingerprint density at radius 3 is 2.79 bits per heavy atom. The lowest BCUT2D eigenvalue weighted by Crippen LogP contribution is -2.38. The van der Waals surface area contributed by atoms with Gasteiger partial charge in [-0.2, -0.15) is 0 Å². The van der Waals surface area contributed by atoms with Crippen LogP contribution in [0.2, 0.25) is 0 Å². The molecule has 29 heavy (non-hydrogen) atoms. The Hall–Kier alpha value is -2.85. The molecular formula is C25H27N3O. The molecule has 0 radical (unpaired) electrons. The molecule has 4 heteroatoms. The maximum absolute atomic E-state index is 12.4. The van der Waals surface area contributed by atoms with Crippen LogP contribution in [0.25, 0.3) is 16.5 Å². The van der Waals surface area contributed by atoms with Crippen LogP contribution in [0.1, 0.15) is 30.4 Å². The number of nitrogens with one attached hydrogen (secondary N) is 1. The highest BCUT2D eigenvalue weighted by molar-refractivity contribution is 5.96. The van der Waals surface area contributed by atoms with Crippen molar-refractivity contribution in [3.63, 3.8) is 0 Å². The fourth-order valence-corrected chi connectivity index (χ4v) is 4.62. The number of aromatic amines is 1. The van der Waals surface area contributed by atoms with E-state index in [1.54, 1.807) is 0 Å². The third-order valence-electron chi connectivity index (χ3n) is 6.27. The summed E-state index contributed by atoms with van der Waals surface area (Å²) in [6, 6.07) is 17.1. The number of anilines is 1. The molecule has 1 aromatic heterocycles. The number of para-hydroxylation sites is 1. The topological polar surface area (TPSA) is 39.3 Å².